The highest BCUT2D eigenvalue weighted by atomic mass is 16.2. The number of nitrogens with one attached hydrogen (secondary N) is 1. The van der Waals surface area contributed by atoms with Crippen molar-refractivity contribution in [2.75, 3.05) is 13.1 Å². The standard InChI is InChI=1S/C22H24N2O2/c1-17(23-22(26)20-10-6-3-7-11-20)16-21(25)24-14-12-19(13-15-24)18-8-4-2-5-9-18/h2-12,17H,13-16H2,1H3,(H,23,26). The van der Waals surface area contributed by atoms with Crippen LogP contribution < -0.4 is 5.32 Å². The summed E-state index contributed by atoms with van der Waals surface area (Å²) in [7, 11) is 0. The Labute approximate surface area is 154 Å². The Kier molecular flexibility index (Phi) is 5.84. The molecule has 0 saturated heterocycles. The van der Waals surface area contributed by atoms with Crippen LogP contribution in [0.25, 0.3) is 5.57 Å². The zero-order valence-electron chi connectivity index (χ0n) is 15.0. The number of hydrogen-bond donors (Lipinski definition) is 1. The quantitative estimate of drug-likeness (QED) is 0.899. The molecule has 0 fully saturated rings. The fraction of sp³-hybridized carbons (Fsp3) is 0.273. The first-order chi connectivity index (χ1) is 12.6. The van der Waals surface area contributed by atoms with Gasteiger partial charge in [0.2, 0.25) is 5.91 Å². The van der Waals surface area contributed by atoms with Gasteiger partial charge in [0.15, 0.2) is 0 Å². The van der Waals surface area contributed by atoms with E-state index in [1.165, 1.54) is 11.1 Å². The fourth-order valence-electron chi connectivity index (χ4n) is 3.15. The summed E-state index contributed by atoms with van der Waals surface area (Å²) in [6.07, 6.45) is 3.30. The van der Waals surface area contributed by atoms with Crippen molar-refractivity contribution in [1.29, 1.82) is 0 Å². The molecule has 0 radical (unpaired) electrons. The van der Waals surface area contributed by atoms with Crippen molar-refractivity contribution >= 4 is 17.4 Å². The largest absolute Gasteiger partial charge is 0.349 e. The van der Waals surface area contributed by atoms with E-state index in [0.29, 0.717) is 18.5 Å². The van der Waals surface area contributed by atoms with E-state index in [0.717, 1.165) is 13.0 Å². The molecular formula is C22H24N2O2. The Morgan fingerprint density at radius 3 is 2.31 bits per heavy atom. The zero-order valence-corrected chi connectivity index (χ0v) is 15.0. The number of hydrogen-bond acceptors (Lipinski definition) is 2. The average Bonchev–Trinajstić information content (AvgIpc) is 2.69. The summed E-state index contributed by atoms with van der Waals surface area (Å²) in [4.78, 5) is 26.5. The smallest absolute Gasteiger partial charge is 0.251 e. The first-order valence-corrected chi connectivity index (χ1v) is 9.01. The zero-order chi connectivity index (χ0) is 18.4. The molecule has 1 N–H and O–H groups in total. The molecule has 2 amide bonds. The molecule has 2 aromatic carbocycles. The third-order valence-corrected chi connectivity index (χ3v) is 4.60. The maximum Gasteiger partial charge on any atom is 0.251 e. The minimum Gasteiger partial charge on any atom is -0.349 e. The molecule has 0 bridgehead atoms. The van der Waals surface area contributed by atoms with Gasteiger partial charge in [-0.3, -0.25) is 9.59 Å². The molecule has 2 aromatic rings. The highest BCUT2D eigenvalue weighted by Gasteiger charge is 2.20. The molecule has 1 unspecified atom stereocenters. The molecule has 1 aliphatic rings. The van der Waals surface area contributed by atoms with E-state index in [4.69, 9.17) is 0 Å². The molecule has 1 aliphatic heterocycles. The number of amides is 2. The minimum atomic E-state index is -0.199. The molecule has 1 atom stereocenters. The van der Waals surface area contributed by atoms with Crippen LogP contribution in [0.2, 0.25) is 0 Å². The van der Waals surface area contributed by atoms with Gasteiger partial charge in [0, 0.05) is 31.1 Å². The lowest BCUT2D eigenvalue weighted by atomic mass is 9.99. The highest BCUT2D eigenvalue weighted by Crippen LogP contribution is 2.22. The molecule has 0 aliphatic carbocycles. The Bertz CT molecular complexity index is 784. The lowest BCUT2D eigenvalue weighted by Crippen LogP contribution is -2.40. The van der Waals surface area contributed by atoms with Gasteiger partial charge in [0.1, 0.15) is 0 Å². The molecule has 26 heavy (non-hydrogen) atoms. The monoisotopic (exact) mass is 348 g/mol. The third kappa shape index (κ3) is 4.60. The summed E-state index contributed by atoms with van der Waals surface area (Å²) < 4.78 is 0. The summed E-state index contributed by atoms with van der Waals surface area (Å²) in [5, 5.41) is 2.90. The second kappa shape index (κ2) is 8.48. The van der Waals surface area contributed by atoms with Crippen molar-refractivity contribution in [3.05, 3.63) is 77.9 Å². The van der Waals surface area contributed by atoms with Crippen LogP contribution in [0.3, 0.4) is 0 Å². The van der Waals surface area contributed by atoms with Crippen LogP contribution >= 0.6 is 0 Å². The second-order valence-corrected chi connectivity index (χ2v) is 6.63. The van der Waals surface area contributed by atoms with Crippen LogP contribution in [0.15, 0.2) is 66.7 Å². The van der Waals surface area contributed by atoms with Crippen LogP contribution in [-0.2, 0) is 4.79 Å². The normalized spacial score (nSPS) is 15.1. The van der Waals surface area contributed by atoms with Crippen molar-refractivity contribution < 1.29 is 9.59 Å². The van der Waals surface area contributed by atoms with Crippen LogP contribution in [0.1, 0.15) is 35.7 Å². The summed E-state index contributed by atoms with van der Waals surface area (Å²) in [5.41, 5.74) is 3.13. The molecule has 3 rings (SSSR count). The summed E-state index contributed by atoms with van der Waals surface area (Å²) in [6, 6.07) is 19.1. The van der Waals surface area contributed by atoms with Crippen molar-refractivity contribution in [1.82, 2.24) is 10.2 Å². The molecule has 0 spiro atoms. The highest BCUT2D eigenvalue weighted by molar-refractivity contribution is 5.94. The first kappa shape index (κ1) is 17.9. The molecule has 0 saturated carbocycles. The van der Waals surface area contributed by atoms with E-state index < -0.39 is 0 Å². The van der Waals surface area contributed by atoms with Crippen LogP contribution in [-0.4, -0.2) is 35.8 Å². The SMILES string of the molecule is CC(CC(=O)N1CC=C(c2ccccc2)CC1)NC(=O)c1ccccc1. The van der Waals surface area contributed by atoms with Crippen LogP contribution in [0.5, 0.6) is 0 Å². The van der Waals surface area contributed by atoms with E-state index in [2.05, 4.69) is 23.5 Å². The summed E-state index contributed by atoms with van der Waals surface area (Å²) >= 11 is 0. The molecular weight excluding hydrogens is 324 g/mol. The summed E-state index contributed by atoms with van der Waals surface area (Å²) in [6.45, 7) is 3.22. The van der Waals surface area contributed by atoms with Crippen LogP contribution in [0.4, 0.5) is 0 Å². The van der Waals surface area contributed by atoms with Gasteiger partial charge in [0.05, 0.1) is 0 Å². The maximum absolute atomic E-state index is 12.5. The van der Waals surface area contributed by atoms with E-state index in [1.807, 2.05) is 48.2 Å². The Morgan fingerprint density at radius 1 is 1.04 bits per heavy atom. The number of carbonyl (C=O) groups is 2. The minimum absolute atomic E-state index is 0.0780. The number of nitrogens with zero attached hydrogens (tertiary/aromatic N) is 1. The van der Waals surface area contributed by atoms with E-state index in [1.54, 1.807) is 12.1 Å². The van der Waals surface area contributed by atoms with E-state index in [-0.39, 0.29) is 17.9 Å². The predicted octanol–water partition coefficient (Wildman–Crippen LogP) is 3.51. The predicted molar refractivity (Wildman–Crippen MR) is 104 cm³/mol. The van der Waals surface area contributed by atoms with Crippen molar-refractivity contribution in [2.24, 2.45) is 0 Å². The third-order valence-electron chi connectivity index (χ3n) is 4.60. The maximum atomic E-state index is 12.5. The lowest BCUT2D eigenvalue weighted by Gasteiger charge is -2.28. The second-order valence-electron chi connectivity index (χ2n) is 6.63. The van der Waals surface area contributed by atoms with Crippen LogP contribution in [0, 0.1) is 0 Å². The lowest BCUT2D eigenvalue weighted by molar-refractivity contribution is -0.131. The fourth-order valence-corrected chi connectivity index (χ4v) is 3.15. The average molecular weight is 348 g/mol. The van der Waals surface area contributed by atoms with Crippen molar-refractivity contribution in [2.45, 2.75) is 25.8 Å². The molecule has 0 aromatic heterocycles. The van der Waals surface area contributed by atoms with E-state index in [9.17, 15) is 9.59 Å². The number of benzene rings is 2. The van der Waals surface area contributed by atoms with Gasteiger partial charge < -0.3 is 10.2 Å². The molecule has 134 valence electrons. The van der Waals surface area contributed by atoms with Gasteiger partial charge >= 0.3 is 0 Å². The molecule has 4 nitrogen and oxygen atoms in total. The van der Waals surface area contributed by atoms with Crippen molar-refractivity contribution in [3.8, 4) is 0 Å². The summed E-state index contributed by atoms with van der Waals surface area (Å²) in [5.74, 6) is -0.0648. The van der Waals surface area contributed by atoms with Gasteiger partial charge in [0.25, 0.3) is 5.91 Å². The van der Waals surface area contributed by atoms with Crippen molar-refractivity contribution in [3.63, 3.8) is 0 Å². The first-order valence-electron chi connectivity index (χ1n) is 9.01. The topological polar surface area (TPSA) is 49.4 Å². The number of carbonyl (C=O) groups excluding carboxylic acids is 2. The Morgan fingerprint density at radius 2 is 1.69 bits per heavy atom. The van der Waals surface area contributed by atoms with Gasteiger partial charge in [-0.25, -0.2) is 0 Å². The van der Waals surface area contributed by atoms with Gasteiger partial charge in [-0.15, -0.1) is 0 Å². The number of rotatable bonds is 5. The van der Waals surface area contributed by atoms with E-state index >= 15 is 0 Å². The molecule has 4 heteroatoms. The van der Waals surface area contributed by atoms with Gasteiger partial charge in [-0.1, -0.05) is 54.6 Å². The van der Waals surface area contributed by atoms with Gasteiger partial charge in [-0.2, -0.15) is 0 Å². The van der Waals surface area contributed by atoms with Gasteiger partial charge in [-0.05, 0) is 36.6 Å². The Balaban J connectivity index is 1.51. The molecule has 1 heterocycles. The Hall–Kier alpha value is -2.88.